The smallest absolute Gasteiger partial charge is 0.290 e. The molecule has 0 spiro atoms. The number of morpholine rings is 1. The fraction of sp³-hybridized carbons (Fsp3) is 0.600. The number of benzene rings is 1. The third-order valence-electron chi connectivity index (χ3n) is 3.22. The van der Waals surface area contributed by atoms with E-state index in [1.54, 1.807) is 24.1 Å². The van der Waals surface area contributed by atoms with Crippen LogP contribution in [0.2, 0.25) is 0 Å². The molecule has 108 valence electrons. The fourth-order valence-electron chi connectivity index (χ4n) is 2.11. The van der Waals surface area contributed by atoms with Crippen molar-refractivity contribution in [3.05, 3.63) is 35.4 Å². The molecule has 19 heavy (non-hydrogen) atoms. The van der Waals surface area contributed by atoms with Crippen molar-refractivity contribution in [1.82, 2.24) is 4.90 Å². The van der Waals surface area contributed by atoms with Gasteiger partial charge in [0.25, 0.3) is 5.92 Å². The third kappa shape index (κ3) is 3.74. The maximum absolute atomic E-state index is 14.4. The normalized spacial score (nSPS) is 20.6. The highest BCUT2D eigenvalue weighted by atomic mass is 19.3. The van der Waals surface area contributed by atoms with Crippen LogP contribution in [0.4, 0.5) is 8.78 Å². The van der Waals surface area contributed by atoms with Gasteiger partial charge in [0.2, 0.25) is 0 Å². The average Bonchev–Trinajstić information content (AvgIpc) is 2.41. The Hall–Kier alpha value is -1.00. The molecule has 1 aliphatic rings. The lowest BCUT2D eigenvalue weighted by molar-refractivity contribution is -0.133. The molecule has 0 aliphatic carbocycles. The van der Waals surface area contributed by atoms with E-state index >= 15 is 0 Å². The highest BCUT2D eigenvalue weighted by Crippen LogP contribution is 2.35. The minimum atomic E-state index is -2.87. The molecular formula is C15H23F2NO. The van der Waals surface area contributed by atoms with E-state index in [0.29, 0.717) is 13.2 Å². The van der Waals surface area contributed by atoms with Crippen LogP contribution in [0.5, 0.6) is 0 Å². The Balaban J connectivity index is 0.000000861. The standard InChI is InChI=1S/C13H17F2NO.C2H6/c1-10-4-3-5-11(8-10)13(14,15)12-9-17-7-6-16(12)2;1-2/h3-5,8,12H,6-7,9H2,1-2H3;1-2H3. The second kappa shape index (κ2) is 6.96. The molecular weight excluding hydrogens is 248 g/mol. The first-order valence-electron chi connectivity index (χ1n) is 6.75. The number of likely N-dealkylation sites (N-methyl/N-ethyl adjacent to an activating group) is 1. The van der Waals surface area contributed by atoms with Gasteiger partial charge in [-0.05, 0) is 14.0 Å². The highest BCUT2D eigenvalue weighted by molar-refractivity contribution is 5.27. The first-order chi connectivity index (χ1) is 9.01. The molecule has 2 nitrogen and oxygen atoms in total. The zero-order valence-electron chi connectivity index (χ0n) is 12.1. The largest absolute Gasteiger partial charge is 0.378 e. The SMILES string of the molecule is CC.Cc1cccc(C(F)(F)C2COCCN2C)c1. The van der Waals surface area contributed by atoms with Crippen LogP contribution in [-0.4, -0.2) is 37.7 Å². The van der Waals surface area contributed by atoms with E-state index in [1.807, 2.05) is 26.8 Å². The van der Waals surface area contributed by atoms with Gasteiger partial charge in [-0.25, -0.2) is 0 Å². The van der Waals surface area contributed by atoms with Gasteiger partial charge in [-0.2, -0.15) is 8.78 Å². The first-order valence-corrected chi connectivity index (χ1v) is 6.75. The number of rotatable bonds is 2. The summed E-state index contributed by atoms with van der Waals surface area (Å²) >= 11 is 0. The number of hydrogen-bond acceptors (Lipinski definition) is 2. The van der Waals surface area contributed by atoms with Gasteiger partial charge < -0.3 is 4.74 Å². The summed E-state index contributed by atoms with van der Waals surface area (Å²) in [6.45, 7) is 6.97. The van der Waals surface area contributed by atoms with Crippen molar-refractivity contribution >= 4 is 0 Å². The van der Waals surface area contributed by atoms with Gasteiger partial charge in [-0.3, -0.25) is 4.90 Å². The maximum atomic E-state index is 14.4. The molecule has 1 fully saturated rings. The number of nitrogens with zero attached hydrogens (tertiary/aromatic N) is 1. The van der Waals surface area contributed by atoms with Gasteiger partial charge >= 0.3 is 0 Å². The molecule has 0 radical (unpaired) electrons. The van der Waals surface area contributed by atoms with Crippen molar-refractivity contribution in [3.63, 3.8) is 0 Å². The van der Waals surface area contributed by atoms with E-state index in [4.69, 9.17) is 4.74 Å². The molecule has 1 atom stereocenters. The van der Waals surface area contributed by atoms with Crippen molar-refractivity contribution < 1.29 is 13.5 Å². The number of alkyl halides is 2. The van der Waals surface area contributed by atoms with Crippen molar-refractivity contribution in [2.24, 2.45) is 0 Å². The Morgan fingerprint density at radius 3 is 2.58 bits per heavy atom. The Bertz CT molecular complexity index is 395. The summed E-state index contributed by atoms with van der Waals surface area (Å²) < 4.78 is 33.9. The molecule has 0 bridgehead atoms. The van der Waals surface area contributed by atoms with E-state index in [2.05, 4.69) is 0 Å². The van der Waals surface area contributed by atoms with Crippen LogP contribution in [0.15, 0.2) is 24.3 Å². The zero-order valence-corrected chi connectivity index (χ0v) is 12.1. The van der Waals surface area contributed by atoms with Crippen LogP contribution >= 0.6 is 0 Å². The van der Waals surface area contributed by atoms with Crippen LogP contribution in [-0.2, 0) is 10.7 Å². The summed E-state index contributed by atoms with van der Waals surface area (Å²) in [6.07, 6.45) is 0. The van der Waals surface area contributed by atoms with Crippen molar-refractivity contribution in [2.75, 3.05) is 26.8 Å². The fourth-order valence-corrected chi connectivity index (χ4v) is 2.11. The summed E-state index contributed by atoms with van der Waals surface area (Å²) in [6, 6.07) is 5.64. The van der Waals surface area contributed by atoms with E-state index in [1.165, 1.54) is 6.07 Å². The van der Waals surface area contributed by atoms with Gasteiger partial charge in [0.1, 0.15) is 6.04 Å². The molecule has 1 aliphatic heterocycles. The van der Waals surface area contributed by atoms with E-state index in [9.17, 15) is 8.78 Å². The van der Waals surface area contributed by atoms with E-state index < -0.39 is 12.0 Å². The first kappa shape index (κ1) is 16.1. The van der Waals surface area contributed by atoms with Gasteiger partial charge in [-0.1, -0.05) is 43.7 Å². The van der Waals surface area contributed by atoms with Crippen molar-refractivity contribution in [2.45, 2.75) is 32.7 Å². The monoisotopic (exact) mass is 271 g/mol. The summed E-state index contributed by atoms with van der Waals surface area (Å²) in [7, 11) is 1.72. The van der Waals surface area contributed by atoms with Crippen LogP contribution < -0.4 is 0 Å². The topological polar surface area (TPSA) is 12.5 Å². The molecule has 1 aromatic rings. The Kier molecular flexibility index (Phi) is 5.88. The molecule has 4 heteroatoms. The number of halogens is 2. The summed E-state index contributed by atoms with van der Waals surface area (Å²) in [5.74, 6) is -2.87. The molecule has 0 saturated carbocycles. The Labute approximate surface area is 114 Å². The minimum absolute atomic E-state index is 0.0693. The molecule has 1 saturated heterocycles. The molecule has 1 heterocycles. The Morgan fingerprint density at radius 2 is 2.00 bits per heavy atom. The Morgan fingerprint density at radius 1 is 1.32 bits per heavy atom. The lowest BCUT2D eigenvalue weighted by atomic mass is 9.98. The lowest BCUT2D eigenvalue weighted by Gasteiger charge is -2.37. The molecule has 2 rings (SSSR count). The summed E-state index contributed by atoms with van der Waals surface area (Å²) in [5, 5.41) is 0. The van der Waals surface area contributed by atoms with Crippen LogP contribution in [0, 0.1) is 6.92 Å². The summed E-state index contributed by atoms with van der Waals surface area (Å²) in [5.41, 5.74) is 0.918. The molecule has 0 aromatic heterocycles. The highest BCUT2D eigenvalue weighted by Gasteiger charge is 2.44. The van der Waals surface area contributed by atoms with Crippen LogP contribution in [0.3, 0.4) is 0 Å². The van der Waals surface area contributed by atoms with E-state index in [0.717, 1.165) is 5.56 Å². The second-order valence-electron chi connectivity index (χ2n) is 4.56. The zero-order chi connectivity index (χ0) is 14.5. The number of ether oxygens (including phenoxy) is 1. The maximum Gasteiger partial charge on any atom is 0.290 e. The number of hydrogen-bond donors (Lipinski definition) is 0. The van der Waals surface area contributed by atoms with Crippen molar-refractivity contribution in [3.8, 4) is 0 Å². The number of aryl methyl sites for hydroxylation is 1. The molecule has 0 N–H and O–H groups in total. The predicted octanol–water partition coefficient (Wildman–Crippen LogP) is 3.44. The summed E-state index contributed by atoms with van der Waals surface area (Å²) in [4.78, 5) is 1.67. The third-order valence-corrected chi connectivity index (χ3v) is 3.22. The van der Waals surface area contributed by atoms with Gasteiger partial charge in [0.15, 0.2) is 0 Å². The van der Waals surface area contributed by atoms with E-state index in [-0.39, 0.29) is 12.2 Å². The lowest BCUT2D eigenvalue weighted by Crippen LogP contribution is -2.51. The average molecular weight is 271 g/mol. The van der Waals surface area contributed by atoms with Crippen molar-refractivity contribution in [1.29, 1.82) is 0 Å². The van der Waals surface area contributed by atoms with Crippen LogP contribution in [0.25, 0.3) is 0 Å². The molecule has 0 amide bonds. The quantitative estimate of drug-likeness (QED) is 0.817. The second-order valence-corrected chi connectivity index (χ2v) is 4.56. The van der Waals surface area contributed by atoms with Gasteiger partial charge in [0, 0.05) is 12.1 Å². The minimum Gasteiger partial charge on any atom is -0.378 e. The van der Waals surface area contributed by atoms with Gasteiger partial charge in [0.05, 0.1) is 13.2 Å². The van der Waals surface area contributed by atoms with Crippen LogP contribution in [0.1, 0.15) is 25.0 Å². The molecule has 1 aromatic carbocycles. The predicted molar refractivity (Wildman–Crippen MR) is 73.7 cm³/mol. The molecule has 1 unspecified atom stereocenters. The van der Waals surface area contributed by atoms with Gasteiger partial charge in [-0.15, -0.1) is 0 Å².